The summed E-state index contributed by atoms with van der Waals surface area (Å²) in [5.74, 6) is -0.504. The normalized spacial score (nSPS) is 10.1. The maximum absolute atomic E-state index is 11.9. The molecule has 124 valence electrons. The molecule has 24 heavy (non-hydrogen) atoms. The van der Waals surface area contributed by atoms with Gasteiger partial charge in [0.15, 0.2) is 12.9 Å². The molecule has 0 saturated carbocycles. The summed E-state index contributed by atoms with van der Waals surface area (Å²) in [6, 6.07) is 8.23. The Morgan fingerprint density at radius 2 is 1.92 bits per heavy atom. The molecule has 0 atom stereocenters. The SMILES string of the molecule is O=Cc1cc([N+](=O)[O-])ccc1OCC(=O)Nc1c(Cl)cccc1Cl. The first-order valence-corrected chi connectivity index (χ1v) is 7.28. The maximum Gasteiger partial charge on any atom is 0.270 e. The number of halogens is 2. The molecule has 9 heteroatoms. The van der Waals surface area contributed by atoms with Crippen LogP contribution in [0.5, 0.6) is 5.75 Å². The second kappa shape index (κ2) is 7.76. The van der Waals surface area contributed by atoms with Crippen LogP contribution in [0.2, 0.25) is 10.0 Å². The first kappa shape index (κ1) is 17.7. The van der Waals surface area contributed by atoms with Gasteiger partial charge in [-0.3, -0.25) is 19.7 Å². The third kappa shape index (κ3) is 4.21. The number of nitrogens with zero attached hydrogens (tertiary/aromatic N) is 1. The van der Waals surface area contributed by atoms with Crippen molar-refractivity contribution < 1.29 is 19.2 Å². The van der Waals surface area contributed by atoms with Crippen molar-refractivity contribution in [3.63, 3.8) is 0 Å². The Morgan fingerprint density at radius 1 is 1.25 bits per heavy atom. The first-order valence-electron chi connectivity index (χ1n) is 6.52. The highest BCUT2D eigenvalue weighted by Gasteiger charge is 2.14. The number of non-ortho nitro benzene ring substituents is 1. The number of rotatable bonds is 6. The van der Waals surface area contributed by atoms with Crippen molar-refractivity contribution in [3.8, 4) is 5.75 Å². The molecule has 0 unspecified atom stereocenters. The third-order valence-electron chi connectivity index (χ3n) is 2.92. The Bertz CT molecular complexity index is 790. The molecule has 0 saturated heterocycles. The van der Waals surface area contributed by atoms with E-state index >= 15 is 0 Å². The molecule has 2 rings (SSSR count). The van der Waals surface area contributed by atoms with Crippen LogP contribution in [0.1, 0.15) is 10.4 Å². The molecule has 0 spiro atoms. The number of carbonyl (C=O) groups excluding carboxylic acids is 2. The zero-order chi connectivity index (χ0) is 17.7. The van der Waals surface area contributed by atoms with Crippen molar-refractivity contribution in [1.29, 1.82) is 0 Å². The molecular formula is C15H10Cl2N2O5. The number of nitro benzene ring substituents is 1. The molecule has 7 nitrogen and oxygen atoms in total. The van der Waals surface area contributed by atoms with Crippen LogP contribution in [0, 0.1) is 10.1 Å². The highest BCUT2D eigenvalue weighted by molar-refractivity contribution is 6.39. The fraction of sp³-hybridized carbons (Fsp3) is 0.0667. The van der Waals surface area contributed by atoms with Gasteiger partial charge in [-0.05, 0) is 18.2 Å². The van der Waals surface area contributed by atoms with E-state index in [4.69, 9.17) is 27.9 Å². The van der Waals surface area contributed by atoms with Crippen LogP contribution in [0.25, 0.3) is 0 Å². The van der Waals surface area contributed by atoms with Gasteiger partial charge >= 0.3 is 0 Å². The van der Waals surface area contributed by atoms with Gasteiger partial charge in [-0.1, -0.05) is 29.3 Å². The summed E-state index contributed by atoms with van der Waals surface area (Å²) in [4.78, 5) is 32.9. The predicted octanol–water partition coefficient (Wildman–Crippen LogP) is 3.73. The quantitative estimate of drug-likeness (QED) is 0.475. The summed E-state index contributed by atoms with van der Waals surface area (Å²) in [7, 11) is 0. The van der Waals surface area contributed by atoms with Crippen LogP contribution in [-0.2, 0) is 4.79 Å². The van der Waals surface area contributed by atoms with Crippen LogP contribution in [0.15, 0.2) is 36.4 Å². The Kier molecular flexibility index (Phi) is 5.73. The minimum atomic E-state index is -0.636. The number of para-hydroxylation sites is 1. The molecular weight excluding hydrogens is 359 g/mol. The van der Waals surface area contributed by atoms with Crippen molar-refractivity contribution in [2.75, 3.05) is 11.9 Å². The second-order valence-electron chi connectivity index (χ2n) is 4.53. The van der Waals surface area contributed by atoms with Gasteiger partial charge in [0.05, 0.1) is 26.2 Å². The largest absolute Gasteiger partial charge is 0.483 e. The minimum absolute atomic E-state index is 0.0345. The summed E-state index contributed by atoms with van der Waals surface area (Å²) in [6.45, 7) is -0.430. The Labute approximate surface area is 146 Å². The molecule has 0 aliphatic carbocycles. The average molecular weight is 369 g/mol. The van der Waals surface area contributed by atoms with E-state index < -0.39 is 17.4 Å². The topological polar surface area (TPSA) is 98.5 Å². The van der Waals surface area contributed by atoms with Gasteiger partial charge in [-0.15, -0.1) is 0 Å². The van der Waals surface area contributed by atoms with E-state index in [0.717, 1.165) is 6.07 Å². The van der Waals surface area contributed by atoms with Crippen molar-refractivity contribution >= 4 is 46.8 Å². The number of ether oxygens (including phenoxy) is 1. The molecule has 0 bridgehead atoms. The van der Waals surface area contributed by atoms with Crippen LogP contribution in [-0.4, -0.2) is 23.7 Å². The zero-order valence-corrected chi connectivity index (χ0v) is 13.5. The second-order valence-corrected chi connectivity index (χ2v) is 5.35. The van der Waals surface area contributed by atoms with Crippen molar-refractivity contribution in [3.05, 3.63) is 62.1 Å². The van der Waals surface area contributed by atoms with Gasteiger partial charge in [-0.2, -0.15) is 0 Å². The minimum Gasteiger partial charge on any atom is -0.483 e. The molecule has 0 heterocycles. The van der Waals surface area contributed by atoms with Crippen molar-refractivity contribution in [2.45, 2.75) is 0 Å². The molecule has 1 amide bonds. The van der Waals surface area contributed by atoms with Crippen LogP contribution < -0.4 is 10.1 Å². The molecule has 2 aromatic carbocycles. The summed E-state index contributed by atoms with van der Waals surface area (Å²) >= 11 is 11.9. The lowest BCUT2D eigenvalue weighted by Gasteiger charge is -2.11. The van der Waals surface area contributed by atoms with Crippen molar-refractivity contribution in [1.82, 2.24) is 0 Å². The lowest BCUT2D eigenvalue weighted by molar-refractivity contribution is -0.384. The molecule has 0 radical (unpaired) electrons. The van der Waals surface area contributed by atoms with E-state index in [2.05, 4.69) is 5.32 Å². The average Bonchev–Trinajstić information content (AvgIpc) is 2.56. The monoisotopic (exact) mass is 368 g/mol. The molecule has 0 aliphatic rings. The third-order valence-corrected chi connectivity index (χ3v) is 3.55. The van der Waals surface area contributed by atoms with E-state index in [1.807, 2.05) is 0 Å². The number of amides is 1. The maximum atomic E-state index is 11.9. The highest BCUT2D eigenvalue weighted by atomic mass is 35.5. The van der Waals surface area contributed by atoms with E-state index in [1.165, 1.54) is 12.1 Å². The summed E-state index contributed by atoms with van der Waals surface area (Å²) in [5, 5.41) is 13.7. The number of aldehydes is 1. The van der Waals surface area contributed by atoms with Crippen LogP contribution in [0.4, 0.5) is 11.4 Å². The van der Waals surface area contributed by atoms with Gasteiger partial charge in [0.2, 0.25) is 0 Å². The number of nitro groups is 1. The fourth-order valence-electron chi connectivity index (χ4n) is 1.81. The van der Waals surface area contributed by atoms with E-state index in [1.54, 1.807) is 18.2 Å². The standard InChI is InChI=1S/C15H10Cl2N2O5/c16-11-2-1-3-12(17)15(11)18-14(21)8-24-13-5-4-10(19(22)23)6-9(13)7-20/h1-7H,8H2,(H,18,21). The lowest BCUT2D eigenvalue weighted by Crippen LogP contribution is -2.21. The zero-order valence-electron chi connectivity index (χ0n) is 12.0. The van der Waals surface area contributed by atoms with Crippen LogP contribution in [0.3, 0.4) is 0 Å². The molecule has 0 aliphatic heterocycles. The smallest absolute Gasteiger partial charge is 0.270 e. The molecule has 1 N–H and O–H groups in total. The van der Waals surface area contributed by atoms with Crippen molar-refractivity contribution in [2.24, 2.45) is 0 Å². The highest BCUT2D eigenvalue weighted by Crippen LogP contribution is 2.29. The molecule has 0 aromatic heterocycles. The fourth-order valence-corrected chi connectivity index (χ4v) is 2.30. The van der Waals surface area contributed by atoms with E-state index in [-0.39, 0.29) is 32.7 Å². The number of hydrogen-bond donors (Lipinski definition) is 1. The first-order chi connectivity index (χ1) is 11.4. The van der Waals surface area contributed by atoms with Gasteiger partial charge in [0.1, 0.15) is 5.75 Å². The summed E-state index contributed by atoms with van der Waals surface area (Å²) in [5.41, 5.74) is -0.0433. The van der Waals surface area contributed by atoms with Gasteiger partial charge in [0, 0.05) is 12.1 Å². The van der Waals surface area contributed by atoms with Gasteiger partial charge in [0.25, 0.3) is 11.6 Å². The summed E-state index contributed by atoms with van der Waals surface area (Å²) < 4.78 is 5.22. The molecule has 0 fully saturated rings. The lowest BCUT2D eigenvalue weighted by atomic mass is 10.2. The number of carbonyl (C=O) groups is 2. The van der Waals surface area contributed by atoms with E-state index in [0.29, 0.717) is 6.29 Å². The number of anilines is 1. The Balaban J connectivity index is 2.06. The predicted molar refractivity (Wildman–Crippen MR) is 89.1 cm³/mol. The van der Waals surface area contributed by atoms with Crippen LogP contribution >= 0.6 is 23.2 Å². The number of hydrogen-bond acceptors (Lipinski definition) is 5. The van der Waals surface area contributed by atoms with E-state index in [9.17, 15) is 19.7 Å². The number of nitrogens with one attached hydrogen (secondary N) is 1. The van der Waals surface area contributed by atoms with Gasteiger partial charge in [-0.25, -0.2) is 0 Å². The Hall–Kier alpha value is -2.64. The van der Waals surface area contributed by atoms with Gasteiger partial charge < -0.3 is 10.1 Å². The Morgan fingerprint density at radius 3 is 2.50 bits per heavy atom. The number of benzene rings is 2. The summed E-state index contributed by atoms with van der Waals surface area (Å²) in [6.07, 6.45) is 0.408. The molecule has 2 aromatic rings.